The lowest BCUT2D eigenvalue weighted by Crippen LogP contribution is -2.16. The first-order chi connectivity index (χ1) is 20.1. The summed E-state index contributed by atoms with van der Waals surface area (Å²) in [6.45, 7) is 3.31. The summed E-state index contributed by atoms with van der Waals surface area (Å²) in [6.07, 6.45) is -2.03. The zero-order chi connectivity index (χ0) is 30.6. The number of ketones is 2. The third-order valence-corrected chi connectivity index (χ3v) is 7.13. The fourth-order valence-electron chi connectivity index (χ4n) is 3.89. The van der Waals surface area contributed by atoms with Gasteiger partial charge in [-0.25, -0.2) is 9.59 Å². The maximum Gasteiger partial charge on any atom is 0.513 e. The number of carbonyl (C=O) groups excluding carboxylic acids is 4. The summed E-state index contributed by atoms with van der Waals surface area (Å²) in [5, 5.41) is -0.541. The molecule has 14 heteroatoms. The van der Waals surface area contributed by atoms with E-state index in [1.807, 2.05) is 0 Å². The number of halogens is 4. The number of hydrogen-bond donors (Lipinski definition) is 1. The topological polar surface area (TPSA) is 126 Å². The first kappa shape index (κ1) is 31.0. The lowest BCUT2D eigenvalue weighted by Gasteiger charge is -2.14. The monoisotopic (exact) mass is 652 g/mol. The van der Waals surface area contributed by atoms with Crippen molar-refractivity contribution < 1.29 is 38.1 Å². The molecule has 42 heavy (non-hydrogen) atoms. The van der Waals surface area contributed by atoms with E-state index in [1.165, 1.54) is 30.3 Å². The molecule has 10 nitrogen and oxygen atoms in total. The first-order valence-electron chi connectivity index (χ1n) is 12.2. The molecule has 0 radical (unpaired) electrons. The molecule has 0 unspecified atom stereocenters. The Hall–Kier alpha value is -3.96. The van der Waals surface area contributed by atoms with E-state index >= 15 is 0 Å². The molecule has 0 fully saturated rings. The highest BCUT2D eigenvalue weighted by Gasteiger charge is 2.31. The molecule has 0 spiro atoms. The van der Waals surface area contributed by atoms with Gasteiger partial charge in [-0.1, -0.05) is 70.7 Å². The molecule has 0 saturated carbocycles. The summed E-state index contributed by atoms with van der Waals surface area (Å²) < 4.78 is 21.2. The van der Waals surface area contributed by atoms with Crippen LogP contribution in [0.3, 0.4) is 0 Å². The molecule has 0 aliphatic carbocycles. The summed E-state index contributed by atoms with van der Waals surface area (Å²) >= 11 is 25.7. The maximum atomic E-state index is 13.9. The molecule has 4 aromatic rings. The minimum Gasteiger partial charge on any atom is -0.434 e. The Bertz CT molecular complexity index is 1570. The van der Waals surface area contributed by atoms with Crippen molar-refractivity contribution in [1.29, 1.82) is 0 Å². The summed E-state index contributed by atoms with van der Waals surface area (Å²) in [7, 11) is 0. The van der Waals surface area contributed by atoms with Crippen LogP contribution < -0.4 is 9.47 Å². The minimum absolute atomic E-state index is 0.0450. The van der Waals surface area contributed by atoms with Gasteiger partial charge in [0.1, 0.15) is 32.5 Å². The van der Waals surface area contributed by atoms with Gasteiger partial charge in [0.05, 0.1) is 40.7 Å². The van der Waals surface area contributed by atoms with Crippen LogP contribution in [0, 0.1) is 0 Å². The third-order valence-electron chi connectivity index (χ3n) is 5.63. The number of benzene rings is 2. The van der Waals surface area contributed by atoms with Crippen molar-refractivity contribution in [2.75, 3.05) is 13.2 Å². The van der Waals surface area contributed by atoms with E-state index in [0.717, 1.165) is 4.57 Å². The number of aromatic amines is 1. The fourth-order valence-corrected chi connectivity index (χ4v) is 4.72. The Morgan fingerprint density at radius 3 is 1.79 bits per heavy atom. The smallest absolute Gasteiger partial charge is 0.434 e. The quantitative estimate of drug-likeness (QED) is 0.110. The number of para-hydroxylation sites is 2. The van der Waals surface area contributed by atoms with E-state index < -0.39 is 23.9 Å². The molecule has 0 aliphatic heterocycles. The number of H-pyrrole nitrogens is 1. The Labute approximate surface area is 258 Å². The Morgan fingerprint density at radius 1 is 0.762 bits per heavy atom. The highest BCUT2D eigenvalue weighted by molar-refractivity contribution is 6.45. The number of carbonyl (C=O) groups is 4. The molecule has 218 valence electrons. The lowest BCUT2D eigenvalue weighted by molar-refractivity contribution is 0.0977. The molecule has 2 aromatic heterocycles. The number of ether oxygens (including phenoxy) is 4. The van der Waals surface area contributed by atoms with E-state index in [9.17, 15) is 19.2 Å². The van der Waals surface area contributed by atoms with Crippen molar-refractivity contribution in [3.63, 3.8) is 0 Å². The van der Waals surface area contributed by atoms with Crippen LogP contribution in [0.4, 0.5) is 9.59 Å². The normalized spacial score (nSPS) is 10.7. The predicted octanol–water partition coefficient (Wildman–Crippen LogP) is 7.95. The largest absolute Gasteiger partial charge is 0.513 e. The number of nitrogens with zero attached hydrogens (tertiary/aromatic N) is 1. The number of hydrogen-bond acceptors (Lipinski definition) is 8. The van der Waals surface area contributed by atoms with Gasteiger partial charge in [0, 0.05) is 0 Å². The lowest BCUT2D eigenvalue weighted by atomic mass is 10.1. The molecule has 0 aliphatic rings. The van der Waals surface area contributed by atoms with Crippen molar-refractivity contribution in [2.45, 2.75) is 13.8 Å². The van der Waals surface area contributed by atoms with Crippen molar-refractivity contribution >= 4 is 70.3 Å². The van der Waals surface area contributed by atoms with E-state index in [2.05, 4.69) is 4.98 Å². The Kier molecular flexibility index (Phi) is 9.85. The van der Waals surface area contributed by atoms with Crippen LogP contribution in [0.5, 0.6) is 11.5 Å². The van der Waals surface area contributed by atoms with Gasteiger partial charge in [0.25, 0.3) is 0 Å². The standard InChI is InChI=1S/C28H20Cl4N2O8/c1-3-39-27(37)41-18-11-7-5-9-14(18)23(35)17-13-16(29)26(32)34(17)22-20(30)25(31)33-21(22)24(36)15-10-6-8-12-19(15)42-28(38)40-4-2/h5-13,33H,3-4H2,1-2H3. The highest BCUT2D eigenvalue weighted by atomic mass is 35.5. The van der Waals surface area contributed by atoms with Crippen LogP contribution in [0.15, 0.2) is 54.6 Å². The van der Waals surface area contributed by atoms with Gasteiger partial charge < -0.3 is 23.9 Å². The summed E-state index contributed by atoms with van der Waals surface area (Å²) in [5.74, 6) is -1.61. The SMILES string of the molecule is CCOC(=O)Oc1ccccc1C(=O)c1[nH]c(Cl)c(Cl)c1-n1c(C(=O)c2ccccc2OC(=O)OCC)cc(Cl)c1Cl. The molecular formula is C28H20Cl4N2O8. The van der Waals surface area contributed by atoms with Crippen LogP contribution in [0.25, 0.3) is 5.69 Å². The summed E-state index contributed by atoms with van der Waals surface area (Å²) in [6, 6.07) is 13.1. The number of aromatic nitrogens is 2. The number of nitrogens with one attached hydrogen (secondary N) is 1. The van der Waals surface area contributed by atoms with Gasteiger partial charge in [0.15, 0.2) is 0 Å². The Balaban J connectivity index is 1.85. The molecule has 0 amide bonds. The third kappa shape index (κ3) is 6.27. The maximum absolute atomic E-state index is 13.9. The fraction of sp³-hybridized carbons (Fsp3) is 0.143. The first-order valence-corrected chi connectivity index (χ1v) is 13.7. The second-order valence-electron chi connectivity index (χ2n) is 8.20. The Morgan fingerprint density at radius 2 is 1.26 bits per heavy atom. The molecule has 2 aromatic carbocycles. The second kappa shape index (κ2) is 13.3. The van der Waals surface area contributed by atoms with Crippen LogP contribution in [-0.4, -0.2) is 46.6 Å². The molecule has 4 rings (SSSR count). The highest BCUT2D eigenvalue weighted by Crippen LogP contribution is 2.40. The number of rotatable bonds is 9. The predicted molar refractivity (Wildman–Crippen MR) is 155 cm³/mol. The molecule has 0 bridgehead atoms. The van der Waals surface area contributed by atoms with E-state index in [4.69, 9.17) is 65.4 Å². The molecule has 0 saturated heterocycles. The van der Waals surface area contributed by atoms with Crippen molar-refractivity contribution in [1.82, 2.24) is 9.55 Å². The van der Waals surface area contributed by atoms with Crippen molar-refractivity contribution in [2.24, 2.45) is 0 Å². The van der Waals surface area contributed by atoms with Crippen LogP contribution in [-0.2, 0) is 9.47 Å². The van der Waals surface area contributed by atoms with E-state index in [1.54, 1.807) is 38.1 Å². The average Bonchev–Trinajstić information content (AvgIpc) is 3.42. The molecular weight excluding hydrogens is 634 g/mol. The molecule has 1 N–H and O–H groups in total. The van der Waals surface area contributed by atoms with Crippen LogP contribution in [0.1, 0.15) is 46.0 Å². The van der Waals surface area contributed by atoms with Crippen LogP contribution in [0.2, 0.25) is 20.4 Å². The molecule has 0 atom stereocenters. The van der Waals surface area contributed by atoms with E-state index in [0.29, 0.717) is 0 Å². The summed E-state index contributed by atoms with van der Waals surface area (Å²) in [4.78, 5) is 54.4. The zero-order valence-electron chi connectivity index (χ0n) is 21.8. The second-order valence-corrected chi connectivity index (χ2v) is 9.72. The minimum atomic E-state index is -1.02. The van der Waals surface area contributed by atoms with Gasteiger partial charge in [-0.3, -0.25) is 14.2 Å². The van der Waals surface area contributed by atoms with Gasteiger partial charge in [-0.2, -0.15) is 0 Å². The zero-order valence-corrected chi connectivity index (χ0v) is 24.9. The average molecular weight is 654 g/mol. The van der Waals surface area contributed by atoms with Gasteiger partial charge in [-0.15, -0.1) is 0 Å². The van der Waals surface area contributed by atoms with Gasteiger partial charge >= 0.3 is 12.3 Å². The van der Waals surface area contributed by atoms with E-state index in [-0.39, 0.29) is 73.3 Å². The van der Waals surface area contributed by atoms with Crippen molar-refractivity contribution in [3.8, 4) is 17.2 Å². The molecule has 2 heterocycles. The van der Waals surface area contributed by atoms with Gasteiger partial charge in [0.2, 0.25) is 11.6 Å². The summed E-state index contributed by atoms with van der Waals surface area (Å²) in [5.41, 5.74) is -0.563. The van der Waals surface area contributed by atoms with Gasteiger partial charge in [-0.05, 0) is 44.2 Å². The van der Waals surface area contributed by atoms with Crippen LogP contribution >= 0.6 is 46.4 Å². The van der Waals surface area contributed by atoms with Crippen molar-refractivity contribution in [3.05, 3.63) is 97.5 Å².